The van der Waals surface area contributed by atoms with Gasteiger partial charge < -0.3 is 4.74 Å². The Morgan fingerprint density at radius 1 is 1.23 bits per heavy atom. The second-order valence-electron chi connectivity index (χ2n) is 11.0. The largest absolute Gasteiger partial charge is 0.481 e. The van der Waals surface area contributed by atoms with Crippen LogP contribution in [0.2, 0.25) is 0 Å². The third kappa shape index (κ3) is 2.34. The van der Waals surface area contributed by atoms with Gasteiger partial charge in [-0.25, -0.2) is 4.39 Å². The first kappa shape index (κ1) is 21.4. The van der Waals surface area contributed by atoms with Gasteiger partial charge in [0.25, 0.3) is 0 Å². The zero-order valence-electron chi connectivity index (χ0n) is 18.6. The van der Waals surface area contributed by atoms with Crippen molar-refractivity contribution in [1.29, 1.82) is 0 Å². The molecule has 0 spiro atoms. The minimum absolute atomic E-state index is 0.0334. The lowest BCUT2D eigenvalue weighted by molar-refractivity contribution is -0.173. The Bertz CT molecular complexity index is 967. The van der Waals surface area contributed by atoms with Crippen molar-refractivity contribution < 1.29 is 23.5 Å². The number of ketones is 3. The van der Waals surface area contributed by atoms with Crippen LogP contribution in [0, 0.1) is 34.5 Å². The first-order valence-electron chi connectivity index (χ1n) is 11.5. The predicted molar refractivity (Wildman–Crippen MR) is 114 cm³/mol. The number of Topliss-reactive ketones (excluding diaryl/α,β-unsaturated/α-hetero) is 2. The first-order chi connectivity index (χ1) is 14.5. The Hall–Kier alpha value is -1.49. The number of carbonyl (C=O) groups is 3. The van der Waals surface area contributed by atoms with Crippen molar-refractivity contribution in [2.24, 2.45) is 34.5 Å². The van der Waals surface area contributed by atoms with Crippen LogP contribution in [0.15, 0.2) is 23.0 Å². The van der Waals surface area contributed by atoms with Crippen LogP contribution < -0.4 is 0 Å². The molecule has 0 amide bonds. The number of alkyl halides is 2. The molecular weight excluding hydrogens is 419 g/mol. The van der Waals surface area contributed by atoms with E-state index in [0.717, 1.165) is 12.0 Å². The molecule has 0 bridgehead atoms. The fourth-order valence-corrected chi connectivity index (χ4v) is 8.09. The molecule has 31 heavy (non-hydrogen) atoms. The molecule has 6 heteroatoms. The number of ether oxygens (including phenoxy) is 1. The number of hydrogen-bond donors (Lipinski definition) is 0. The Morgan fingerprint density at radius 2 is 1.94 bits per heavy atom. The van der Waals surface area contributed by atoms with Crippen molar-refractivity contribution in [3.8, 4) is 0 Å². The highest BCUT2D eigenvalue weighted by Crippen LogP contribution is 2.70. The van der Waals surface area contributed by atoms with E-state index in [4.69, 9.17) is 16.3 Å². The van der Waals surface area contributed by atoms with Crippen molar-refractivity contribution in [2.45, 2.75) is 71.6 Å². The van der Waals surface area contributed by atoms with Crippen LogP contribution in [0.5, 0.6) is 0 Å². The molecule has 7 atom stereocenters. The van der Waals surface area contributed by atoms with E-state index < -0.39 is 28.2 Å². The molecule has 0 saturated heterocycles. The summed E-state index contributed by atoms with van der Waals surface area (Å²) in [6.07, 6.45) is 3.72. The molecule has 1 heterocycles. The van der Waals surface area contributed by atoms with E-state index in [1.165, 1.54) is 6.08 Å². The molecule has 3 saturated carbocycles. The summed E-state index contributed by atoms with van der Waals surface area (Å²) in [4.78, 5) is 39.0. The van der Waals surface area contributed by atoms with E-state index >= 15 is 4.39 Å². The zero-order chi connectivity index (χ0) is 22.5. The van der Waals surface area contributed by atoms with Gasteiger partial charge in [-0.15, -0.1) is 11.6 Å². The van der Waals surface area contributed by atoms with Gasteiger partial charge in [-0.05, 0) is 55.9 Å². The van der Waals surface area contributed by atoms with Crippen LogP contribution in [0.1, 0.15) is 59.8 Å². The quantitative estimate of drug-likeness (QED) is 0.585. The summed E-state index contributed by atoms with van der Waals surface area (Å²) >= 11 is 5.87. The van der Waals surface area contributed by atoms with Crippen LogP contribution in [0.3, 0.4) is 0 Å². The second kappa shape index (κ2) is 6.52. The summed E-state index contributed by atoms with van der Waals surface area (Å²) in [6, 6.07) is 0. The third-order valence-corrected chi connectivity index (χ3v) is 9.68. The highest BCUT2D eigenvalue weighted by molar-refractivity contribution is 6.28. The maximum atomic E-state index is 17.5. The smallest absolute Gasteiger partial charge is 0.220 e. The van der Waals surface area contributed by atoms with Gasteiger partial charge in [0.05, 0.1) is 11.3 Å². The molecule has 4 aliphatic carbocycles. The number of halogens is 2. The molecule has 1 aliphatic heterocycles. The van der Waals surface area contributed by atoms with Crippen molar-refractivity contribution in [2.75, 3.05) is 5.88 Å². The summed E-state index contributed by atoms with van der Waals surface area (Å²) in [5.74, 6) is -1.21. The molecule has 0 radical (unpaired) electrons. The molecule has 0 aromatic heterocycles. The van der Waals surface area contributed by atoms with Crippen LogP contribution in [0.4, 0.5) is 4.39 Å². The summed E-state index contributed by atoms with van der Waals surface area (Å²) in [5, 5.41) is 0. The maximum Gasteiger partial charge on any atom is 0.220 e. The van der Waals surface area contributed by atoms with Gasteiger partial charge in [0, 0.05) is 23.8 Å². The lowest BCUT2D eigenvalue weighted by Crippen LogP contribution is -2.68. The lowest BCUT2D eigenvalue weighted by Gasteiger charge is -2.62. The van der Waals surface area contributed by atoms with E-state index in [1.54, 1.807) is 0 Å². The Labute approximate surface area is 187 Å². The fraction of sp³-hybridized carbons (Fsp3) is 0.720. The average molecular weight is 449 g/mol. The second-order valence-corrected chi connectivity index (χ2v) is 11.3. The molecular formula is C25H30ClFO4. The van der Waals surface area contributed by atoms with Crippen LogP contribution in [0.25, 0.3) is 0 Å². The molecule has 168 valence electrons. The normalized spacial score (nSPS) is 45.8. The standard InChI is InChI=1S/C25H30ClFO4/c1-12(2)21-20-22(31-21)17(28)9-13-5-6-15-14-7-8-16(18(29)11-26)23(14,3)10-19(30)25(15,27)24(13,20)4/h9,12,14-16,21H,5-8,10-11H2,1-4H3/t14-,15-,16-,21?,23-,24+,25-/m0/s1. The van der Waals surface area contributed by atoms with Crippen LogP contribution in [-0.2, 0) is 19.1 Å². The van der Waals surface area contributed by atoms with Gasteiger partial charge in [0.15, 0.2) is 23.0 Å². The maximum absolute atomic E-state index is 17.5. The van der Waals surface area contributed by atoms with Gasteiger partial charge in [0.1, 0.15) is 6.10 Å². The average Bonchev–Trinajstić information content (AvgIpc) is 2.99. The summed E-state index contributed by atoms with van der Waals surface area (Å²) in [6.45, 7) is 7.79. The number of hydrogen-bond acceptors (Lipinski definition) is 4. The van der Waals surface area contributed by atoms with Gasteiger partial charge in [-0.1, -0.05) is 26.3 Å². The third-order valence-electron chi connectivity index (χ3n) is 9.42. The van der Waals surface area contributed by atoms with Crippen molar-refractivity contribution in [1.82, 2.24) is 0 Å². The number of allylic oxidation sites excluding steroid dienone is 2. The molecule has 5 aliphatic rings. The first-order valence-corrected chi connectivity index (χ1v) is 12.0. The van der Waals surface area contributed by atoms with Gasteiger partial charge in [-0.2, -0.15) is 0 Å². The Morgan fingerprint density at radius 3 is 2.58 bits per heavy atom. The van der Waals surface area contributed by atoms with E-state index in [-0.39, 0.29) is 53.5 Å². The van der Waals surface area contributed by atoms with Gasteiger partial charge >= 0.3 is 0 Å². The Balaban J connectivity index is 1.64. The van der Waals surface area contributed by atoms with Crippen LogP contribution >= 0.6 is 11.6 Å². The van der Waals surface area contributed by atoms with Crippen molar-refractivity contribution >= 4 is 29.0 Å². The highest BCUT2D eigenvalue weighted by atomic mass is 35.5. The molecule has 3 fully saturated rings. The summed E-state index contributed by atoms with van der Waals surface area (Å²) in [7, 11) is 0. The topological polar surface area (TPSA) is 60.4 Å². The lowest BCUT2D eigenvalue weighted by atomic mass is 9.43. The molecule has 4 nitrogen and oxygen atoms in total. The van der Waals surface area contributed by atoms with Crippen LogP contribution in [-0.4, -0.2) is 35.0 Å². The monoisotopic (exact) mass is 448 g/mol. The molecule has 5 rings (SSSR count). The van der Waals surface area contributed by atoms with Crippen molar-refractivity contribution in [3.63, 3.8) is 0 Å². The van der Waals surface area contributed by atoms with Gasteiger partial charge in [0.2, 0.25) is 5.78 Å². The van der Waals surface area contributed by atoms with E-state index in [2.05, 4.69) is 0 Å². The van der Waals surface area contributed by atoms with E-state index in [1.807, 2.05) is 27.7 Å². The highest BCUT2D eigenvalue weighted by Gasteiger charge is 2.74. The SMILES string of the molecule is CC(C)C1OC2=C1[C@@]1(C)C(=CC2=O)CC[C@H]2[C@@H]3CC[C@@H](C(=O)CCl)[C@@]3(C)CC(=O)[C@@]21F. The number of fused-ring (bicyclic) bond motifs is 6. The minimum Gasteiger partial charge on any atom is -0.481 e. The Kier molecular flexibility index (Phi) is 4.50. The molecule has 0 N–H and O–H groups in total. The summed E-state index contributed by atoms with van der Waals surface area (Å²) in [5.41, 5.74) is -2.37. The summed E-state index contributed by atoms with van der Waals surface area (Å²) < 4.78 is 23.3. The molecule has 0 aromatic carbocycles. The fourth-order valence-electron chi connectivity index (χ4n) is 7.91. The number of carbonyl (C=O) groups excluding carboxylic acids is 3. The molecule has 1 unspecified atom stereocenters. The van der Waals surface area contributed by atoms with Gasteiger partial charge in [-0.3, -0.25) is 14.4 Å². The predicted octanol–water partition coefficient (Wildman–Crippen LogP) is 4.74. The minimum atomic E-state index is -2.08. The van der Waals surface area contributed by atoms with E-state index in [0.29, 0.717) is 24.8 Å². The number of rotatable bonds is 3. The molecule has 0 aromatic rings. The van der Waals surface area contributed by atoms with E-state index in [9.17, 15) is 14.4 Å². The zero-order valence-corrected chi connectivity index (χ0v) is 19.4. The van der Waals surface area contributed by atoms with Crippen molar-refractivity contribution in [3.05, 3.63) is 23.0 Å².